The summed E-state index contributed by atoms with van der Waals surface area (Å²) in [6.45, 7) is 2.06. The molecule has 1 heterocycles. The third-order valence-corrected chi connectivity index (χ3v) is 3.89. The largest absolute Gasteiger partial charge is 0.234 e. The van der Waals surface area contributed by atoms with E-state index in [9.17, 15) is 0 Å². The van der Waals surface area contributed by atoms with E-state index in [-0.39, 0.29) is 11.4 Å². The Balaban J connectivity index is 2.33. The van der Waals surface area contributed by atoms with Crippen molar-refractivity contribution in [2.24, 2.45) is 0 Å². The second kappa shape index (κ2) is 5.91. The molecule has 0 radical (unpaired) electrons. The first-order chi connectivity index (χ1) is 8.63. The van der Waals surface area contributed by atoms with E-state index >= 15 is 0 Å². The van der Waals surface area contributed by atoms with Crippen molar-refractivity contribution in [1.29, 1.82) is 0 Å². The van der Waals surface area contributed by atoms with Gasteiger partial charge >= 0.3 is 0 Å². The number of halogens is 3. The van der Waals surface area contributed by atoms with Gasteiger partial charge in [-0.1, -0.05) is 47.8 Å². The number of hydrogen-bond acceptors (Lipinski definition) is 2. The Hall–Kier alpha value is -0.770. The quantitative estimate of drug-likeness (QED) is 0.778. The minimum absolute atomic E-state index is 0.0538. The lowest BCUT2D eigenvalue weighted by Crippen LogP contribution is -2.13. The fourth-order valence-corrected chi connectivity index (χ4v) is 2.86. The third kappa shape index (κ3) is 2.79. The Kier molecular flexibility index (Phi) is 4.49. The summed E-state index contributed by atoms with van der Waals surface area (Å²) >= 11 is 18.5. The topological polar surface area (TPSA) is 30.7 Å². The highest BCUT2D eigenvalue weighted by Gasteiger charge is 2.23. The molecule has 2 rings (SSSR count). The molecule has 2 unspecified atom stereocenters. The molecule has 0 aliphatic heterocycles. The first kappa shape index (κ1) is 13.7. The fraction of sp³-hybridized carbons (Fsp3) is 0.333. The first-order valence-corrected chi connectivity index (χ1v) is 6.75. The van der Waals surface area contributed by atoms with Crippen molar-refractivity contribution in [1.82, 2.24) is 14.8 Å². The number of hydrogen-bond donors (Lipinski definition) is 0. The molecule has 0 aliphatic carbocycles. The normalized spacial score (nSPS) is 14.4. The second-order valence-corrected chi connectivity index (χ2v) is 5.22. The molecule has 0 aliphatic rings. The van der Waals surface area contributed by atoms with Crippen LogP contribution in [0.4, 0.5) is 0 Å². The molecule has 2 aromatic rings. The lowest BCUT2D eigenvalue weighted by atomic mass is 9.96. The zero-order chi connectivity index (χ0) is 13.1. The standard InChI is InChI=1S/C12H12Cl3N3/c1-2-9(12(15)18-7-16-6-17-18)10-4-3-8(13)5-11(10)14/h3-7,9,12H,2H2,1H3. The fourth-order valence-electron chi connectivity index (χ4n) is 1.89. The summed E-state index contributed by atoms with van der Waals surface area (Å²) in [4.78, 5) is 3.90. The van der Waals surface area contributed by atoms with Gasteiger partial charge in [-0.3, -0.25) is 0 Å². The highest BCUT2D eigenvalue weighted by molar-refractivity contribution is 6.35. The zero-order valence-electron chi connectivity index (χ0n) is 9.72. The van der Waals surface area contributed by atoms with Crippen LogP contribution in [0.3, 0.4) is 0 Å². The van der Waals surface area contributed by atoms with Crippen molar-refractivity contribution in [3.05, 3.63) is 46.5 Å². The van der Waals surface area contributed by atoms with Crippen molar-refractivity contribution in [2.45, 2.75) is 24.8 Å². The summed E-state index contributed by atoms with van der Waals surface area (Å²) in [6, 6.07) is 5.45. The molecule has 0 bridgehead atoms. The van der Waals surface area contributed by atoms with Gasteiger partial charge in [0.05, 0.1) is 0 Å². The molecule has 0 saturated heterocycles. The number of benzene rings is 1. The van der Waals surface area contributed by atoms with Crippen LogP contribution in [0.1, 0.15) is 30.3 Å². The summed E-state index contributed by atoms with van der Waals surface area (Å²) in [7, 11) is 0. The van der Waals surface area contributed by atoms with Crippen molar-refractivity contribution in [2.75, 3.05) is 0 Å². The monoisotopic (exact) mass is 303 g/mol. The number of alkyl halides is 1. The van der Waals surface area contributed by atoms with E-state index in [1.807, 2.05) is 12.1 Å². The number of rotatable bonds is 4. The molecule has 0 spiro atoms. The molecular weight excluding hydrogens is 293 g/mol. The average Bonchev–Trinajstić information content (AvgIpc) is 2.86. The van der Waals surface area contributed by atoms with Gasteiger partial charge in [0, 0.05) is 16.0 Å². The molecule has 0 N–H and O–H groups in total. The SMILES string of the molecule is CCC(c1ccc(Cl)cc1Cl)C(Cl)n1cncn1. The van der Waals surface area contributed by atoms with Gasteiger partial charge in [-0.05, 0) is 24.1 Å². The molecule has 18 heavy (non-hydrogen) atoms. The van der Waals surface area contributed by atoms with Gasteiger partial charge in [0.25, 0.3) is 0 Å². The van der Waals surface area contributed by atoms with Crippen LogP contribution in [0, 0.1) is 0 Å². The smallest absolute Gasteiger partial charge is 0.137 e. The van der Waals surface area contributed by atoms with Crippen LogP contribution < -0.4 is 0 Å². The minimum atomic E-state index is -0.323. The summed E-state index contributed by atoms with van der Waals surface area (Å²) < 4.78 is 1.63. The Bertz CT molecular complexity index is 513. The molecule has 2 atom stereocenters. The summed E-state index contributed by atoms with van der Waals surface area (Å²) in [5.41, 5.74) is 0.648. The van der Waals surface area contributed by atoms with Crippen LogP contribution >= 0.6 is 34.8 Å². The van der Waals surface area contributed by atoms with E-state index in [0.29, 0.717) is 10.0 Å². The molecule has 1 aromatic heterocycles. The van der Waals surface area contributed by atoms with Crippen molar-refractivity contribution in [3.63, 3.8) is 0 Å². The Labute approximate surface area is 121 Å². The Morgan fingerprint density at radius 2 is 2.11 bits per heavy atom. The minimum Gasteiger partial charge on any atom is -0.234 e. The van der Waals surface area contributed by atoms with Gasteiger partial charge in [-0.2, -0.15) is 5.10 Å². The van der Waals surface area contributed by atoms with E-state index in [0.717, 1.165) is 12.0 Å². The van der Waals surface area contributed by atoms with Crippen molar-refractivity contribution >= 4 is 34.8 Å². The number of aromatic nitrogens is 3. The van der Waals surface area contributed by atoms with Gasteiger partial charge in [0.15, 0.2) is 0 Å². The van der Waals surface area contributed by atoms with Gasteiger partial charge in [-0.25, -0.2) is 9.67 Å². The van der Waals surface area contributed by atoms with E-state index in [2.05, 4.69) is 17.0 Å². The molecule has 0 amide bonds. The van der Waals surface area contributed by atoms with Crippen LogP contribution in [0.5, 0.6) is 0 Å². The van der Waals surface area contributed by atoms with Gasteiger partial charge < -0.3 is 0 Å². The summed E-state index contributed by atoms with van der Waals surface area (Å²) in [6.07, 6.45) is 3.91. The average molecular weight is 305 g/mol. The molecule has 0 fully saturated rings. The van der Waals surface area contributed by atoms with Crippen LogP contribution in [0.25, 0.3) is 0 Å². The van der Waals surface area contributed by atoms with Crippen LogP contribution in [0.15, 0.2) is 30.9 Å². The first-order valence-electron chi connectivity index (χ1n) is 5.56. The highest BCUT2D eigenvalue weighted by atomic mass is 35.5. The summed E-state index contributed by atoms with van der Waals surface area (Å²) in [5, 5.41) is 5.30. The van der Waals surface area contributed by atoms with Crippen LogP contribution in [-0.2, 0) is 0 Å². The third-order valence-electron chi connectivity index (χ3n) is 2.82. The summed E-state index contributed by atoms with van der Waals surface area (Å²) in [5.74, 6) is 0.0538. The van der Waals surface area contributed by atoms with E-state index < -0.39 is 0 Å². The predicted molar refractivity (Wildman–Crippen MR) is 74.4 cm³/mol. The maximum absolute atomic E-state index is 6.43. The van der Waals surface area contributed by atoms with Gasteiger partial charge in [0.2, 0.25) is 0 Å². The van der Waals surface area contributed by atoms with Crippen LogP contribution in [-0.4, -0.2) is 14.8 Å². The second-order valence-electron chi connectivity index (χ2n) is 3.93. The maximum atomic E-state index is 6.43. The number of nitrogens with zero attached hydrogens (tertiary/aromatic N) is 3. The molecule has 0 saturated carbocycles. The molecule has 3 nitrogen and oxygen atoms in total. The van der Waals surface area contributed by atoms with Gasteiger partial charge in [-0.15, -0.1) is 0 Å². The molecular formula is C12H12Cl3N3. The zero-order valence-corrected chi connectivity index (χ0v) is 12.0. The lowest BCUT2D eigenvalue weighted by Gasteiger charge is -2.22. The Morgan fingerprint density at radius 3 is 2.67 bits per heavy atom. The van der Waals surface area contributed by atoms with Crippen molar-refractivity contribution in [3.8, 4) is 0 Å². The predicted octanol–water partition coefficient (Wildman–Crippen LogP) is 4.52. The van der Waals surface area contributed by atoms with Crippen molar-refractivity contribution < 1.29 is 0 Å². The maximum Gasteiger partial charge on any atom is 0.137 e. The van der Waals surface area contributed by atoms with Crippen LogP contribution in [0.2, 0.25) is 10.0 Å². The van der Waals surface area contributed by atoms with Gasteiger partial charge in [0.1, 0.15) is 18.2 Å². The molecule has 6 heteroatoms. The van der Waals surface area contributed by atoms with E-state index in [1.165, 1.54) is 6.33 Å². The highest BCUT2D eigenvalue weighted by Crippen LogP contribution is 2.38. The van der Waals surface area contributed by atoms with E-state index in [4.69, 9.17) is 34.8 Å². The molecule has 96 valence electrons. The van der Waals surface area contributed by atoms with E-state index in [1.54, 1.807) is 17.1 Å². The molecule has 1 aromatic carbocycles. The lowest BCUT2D eigenvalue weighted by molar-refractivity contribution is 0.480. The Morgan fingerprint density at radius 1 is 1.33 bits per heavy atom.